The van der Waals surface area contributed by atoms with Gasteiger partial charge in [0.25, 0.3) is 0 Å². The Hall–Kier alpha value is -2.78. The molecule has 0 aromatic heterocycles. The molecule has 0 spiro atoms. The summed E-state index contributed by atoms with van der Waals surface area (Å²) in [6, 6.07) is 8.27. The van der Waals surface area contributed by atoms with Crippen LogP contribution in [0, 0.1) is 22.7 Å². The Balaban J connectivity index is 2.86. The first-order valence-electron chi connectivity index (χ1n) is 12.4. The molecule has 1 rings (SSSR count). The van der Waals surface area contributed by atoms with Gasteiger partial charge in [0, 0.05) is 6.54 Å². The minimum Gasteiger partial charge on any atom is -0.497 e. The number of nitrogens with zero attached hydrogens (tertiary/aromatic N) is 2. The maximum atomic E-state index is 12.0. The van der Waals surface area contributed by atoms with Crippen molar-refractivity contribution in [3.8, 4) is 11.8 Å². The summed E-state index contributed by atoms with van der Waals surface area (Å²) in [7, 11) is 6.69. The third-order valence-corrected chi connectivity index (χ3v) is 6.97. The second-order valence-corrected chi connectivity index (χ2v) is 9.45. The summed E-state index contributed by atoms with van der Waals surface area (Å²) >= 11 is 0. The molecule has 0 radical (unpaired) electrons. The summed E-state index contributed by atoms with van der Waals surface area (Å²) in [5, 5.41) is 10.2. The van der Waals surface area contributed by atoms with E-state index in [1.807, 2.05) is 24.3 Å². The summed E-state index contributed by atoms with van der Waals surface area (Å²) in [4.78, 5) is 14.3. The monoisotopic (exact) mass is 484 g/mol. The van der Waals surface area contributed by atoms with E-state index < -0.39 is 11.4 Å². The first-order chi connectivity index (χ1) is 16.6. The molecule has 0 amide bonds. The van der Waals surface area contributed by atoms with E-state index in [4.69, 9.17) is 14.2 Å². The van der Waals surface area contributed by atoms with Gasteiger partial charge in [-0.1, -0.05) is 26.8 Å². The van der Waals surface area contributed by atoms with Gasteiger partial charge in [-0.3, -0.25) is 0 Å². The normalized spacial score (nSPS) is 14.3. The Bertz CT molecular complexity index is 942. The van der Waals surface area contributed by atoms with Crippen molar-refractivity contribution in [1.29, 1.82) is 5.26 Å². The number of methoxy groups -OCH3 is 3. The van der Waals surface area contributed by atoms with E-state index in [0.29, 0.717) is 11.3 Å². The van der Waals surface area contributed by atoms with Gasteiger partial charge >= 0.3 is 5.97 Å². The van der Waals surface area contributed by atoms with Gasteiger partial charge in [-0.2, -0.15) is 5.26 Å². The molecule has 0 aliphatic carbocycles. The lowest BCUT2D eigenvalue weighted by Crippen LogP contribution is -2.30. The highest BCUT2D eigenvalue weighted by Crippen LogP contribution is 2.40. The van der Waals surface area contributed by atoms with Crippen molar-refractivity contribution in [3.05, 3.63) is 52.3 Å². The summed E-state index contributed by atoms with van der Waals surface area (Å²) in [6.07, 6.45) is 5.45. The van der Waals surface area contributed by atoms with Crippen molar-refractivity contribution in [2.45, 2.75) is 60.3 Å². The highest BCUT2D eigenvalue weighted by Gasteiger charge is 2.35. The molecule has 194 valence electrons. The van der Waals surface area contributed by atoms with E-state index in [0.717, 1.165) is 55.7 Å². The van der Waals surface area contributed by atoms with Crippen molar-refractivity contribution in [2.75, 3.05) is 41.5 Å². The summed E-state index contributed by atoms with van der Waals surface area (Å²) < 4.78 is 15.8. The molecule has 6 nitrogen and oxygen atoms in total. The van der Waals surface area contributed by atoms with Crippen molar-refractivity contribution in [3.63, 3.8) is 0 Å². The number of carbonyl (C=O) groups excluding carboxylic acids is 1. The highest BCUT2D eigenvalue weighted by molar-refractivity contribution is 5.92. The molecule has 0 aliphatic rings. The molecule has 35 heavy (non-hydrogen) atoms. The molecule has 0 bridgehead atoms. The van der Waals surface area contributed by atoms with Crippen LogP contribution in [0.3, 0.4) is 0 Å². The van der Waals surface area contributed by atoms with Gasteiger partial charge in [0.15, 0.2) is 0 Å². The van der Waals surface area contributed by atoms with Crippen LogP contribution in [0.5, 0.6) is 5.75 Å². The zero-order valence-electron chi connectivity index (χ0n) is 23.2. The quantitative estimate of drug-likeness (QED) is 0.178. The molecule has 0 heterocycles. The number of carbonyl (C=O) groups is 1. The van der Waals surface area contributed by atoms with E-state index in [9.17, 15) is 10.1 Å². The molecule has 0 aliphatic heterocycles. The largest absolute Gasteiger partial charge is 0.497 e. The van der Waals surface area contributed by atoms with Crippen molar-refractivity contribution < 1.29 is 19.0 Å². The average molecular weight is 485 g/mol. The zero-order valence-corrected chi connectivity index (χ0v) is 23.2. The van der Waals surface area contributed by atoms with Crippen LogP contribution in [0.15, 0.2) is 41.2 Å². The third kappa shape index (κ3) is 8.14. The molecule has 0 saturated carbocycles. The maximum absolute atomic E-state index is 12.0. The van der Waals surface area contributed by atoms with E-state index >= 15 is 0 Å². The van der Waals surface area contributed by atoms with Gasteiger partial charge < -0.3 is 19.1 Å². The van der Waals surface area contributed by atoms with E-state index in [-0.39, 0.29) is 5.92 Å². The molecular weight excluding hydrogens is 440 g/mol. The van der Waals surface area contributed by atoms with Gasteiger partial charge in [0.05, 0.1) is 32.8 Å². The van der Waals surface area contributed by atoms with Gasteiger partial charge in [-0.25, -0.2) is 4.79 Å². The number of allylic oxidation sites excluding steroid dienone is 3. The van der Waals surface area contributed by atoms with Crippen LogP contribution < -0.4 is 4.74 Å². The number of hydrogen-bond donors (Lipinski definition) is 0. The van der Waals surface area contributed by atoms with Crippen molar-refractivity contribution in [1.82, 2.24) is 4.90 Å². The van der Waals surface area contributed by atoms with Crippen LogP contribution in [0.25, 0.3) is 0 Å². The molecule has 1 unspecified atom stereocenters. The smallest absolute Gasteiger partial charge is 0.341 e. The Labute approximate surface area is 212 Å². The summed E-state index contributed by atoms with van der Waals surface area (Å²) in [5.41, 5.74) is 3.18. The lowest BCUT2D eigenvalue weighted by atomic mass is 9.69. The second kappa shape index (κ2) is 14.6. The van der Waals surface area contributed by atoms with Crippen LogP contribution in [0.4, 0.5) is 0 Å². The fourth-order valence-corrected chi connectivity index (χ4v) is 4.31. The predicted octanol–water partition coefficient (Wildman–Crippen LogP) is 6.18. The lowest BCUT2D eigenvalue weighted by Gasteiger charge is -2.33. The van der Waals surface area contributed by atoms with E-state index in [1.165, 1.54) is 12.7 Å². The van der Waals surface area contributed by atoms with Gasteiger partial charge in [0.2, 0.25) is 0 Å². The third-order valence-electron chi connectivity index (χ3n) is 6.97. The molecule has 0 fully saturated rings. The fourth-order valence-electron chi connectivity index (χ4n) is 4.31. The molecule has 1 aromatic carbocycles. The number of ether oxygens (including phenoxy) is 3. The van der Waals surface area contributed by atoms with Crippen molar-refractivity contribution >= 4 is 5.97 Å². The Morgan fingerprint density at radius 1 is 1.17 bits per heavy atom. The molecule has 1 aromatic rings. The van der Waals surface area contributed by atoms with Gasteiger partial charge in [-0.05, 0) is 94.0 Å². The number of rotatable bonds is 14. The van der Waals surface area contributed by atoms with Crippen molar-refractivity contribution in [2.24, 2.45) is 11.3 Å². The zero-order chi connectivity index (χ0) is 26.6. The SMILES string of the molecule is CC/C(C)=C(/C=C(\C)C(C#N)(CCCN(C)CCc1ccc(OC)c(C(=O)OC)c1)C(C)C)OC. The maximum Gasteiger partial charge on any atom is 0.341 e. The predicted molar refractivity (Wildman–Crippen MR) is 141 cm³/mol. The fraction of sp³-hybridized carbons (Fsp3) is 0.586. The van der Waals surface area contributed by atoms with Crippen LogP contribution in [0.1, 0.15) is 69.8 Å². The lowest BCUT2D eigenvalue weighted by molar-refractivity contribution is 0.0597. The Morgan fingerprint density at radius 2 is 1.86 bits per heavy atom. The number of hydrogen-bond acceptors (Lipinski definition) is 6. The molecular formula is C29H44N2O4. The molecule has 0 N–H and O–H groups in total. The van der Waals surface area contributed by atoms with Crippen LogP contribution in [-0.4, -0.2) is 52.3 Å². The van der Waals surface area contributed by atoms with Crippen LogP contribution in [0.2, 0.25) is 0 Å². The summed E-state index contributed by atoms with van der Waals surface area (Å²) in [6.45, 7) is 12.2. The van der Waals surface area contributed by atoms with Crippen LogP contribution >= 0.6 is 0 Å². The number of esters is 1. The first-order valence-corrected chi connectivity index (χ1v) is 12.4. The Kier molecular flexibility index (Phi) is 12.6. The molecule has 0 saturated heterocycles. The number of nitriles is 1. The highest BCUT2D eigenvalue weighted by atomic mass is 16.5. The first kappa shape index (κ1) is 30.3. The minimum atomic E-state index is -0.538. The van der Waals surface area contributed by atoms with Gasteiger partial charge in [-0.15, -0.1) is 0 Å². The Morgan fingerprint density at radius 3 is 2.37 bits per heavy atom. The standard InChI is InChI=1S/C29H44N2O4/c1-10-22(4)27(34-8)18-23(5)29(20-30,21(2)3)15-11-16-31(6)17-14-24-12-13-26(33-7)25(19-24)28(32)35-9/h12-13,18-19,21H,10-11,14-17H2,1-9H3/b23-18+,27-22-. The minimum absolute atomic E-state index is 0.185. The second-order valence-electron chi connectivity index (χ2n) is 9.45. The summed E-state index contributed by atoms with van der Waals surface area (Å²) in [5.74, 6) is 1.15. The number of benzene rings is 1. The van der Waals surface area contributed by atoms with E-state index in [2.05, 4.69) is 52.6 Å². The van der Waals surface area contributed by atoms with Crippen LogP contribution in [-0.2, 0) is 15.9 Å². The molecule has 6 heteroatoms. The van der Waals surface area contributed by atoms with E-state index in [1.54, 1.807) is 14.2 Å². The topological polar surface area (TPSA) is 71.8 Å². The average Bonchev–Trinajstić information content (AvgIpc) is 2.86. The number of likely N-dealkylation sites (N-methyl/N-ethyl adjacent to an activating group) is 1. The molecule has 1 atom stereocenters. The van der Waals surface area contributed by atoms with Gasteiger partial charge in [0.1, 0.15) is 17.1 Å².